The van der Waals surface area contributed by atoms with Crippen LogP contribution < -0.4 is 5.32 Å². The summed E-state index contributed by atoms with van der Waals surface area (Å²) < 4.78 is 0. The molecule has 0 aromatic rings. The van der Waals surface area contributed by atoms with E-state index >= 15 is 0 Å². The van der Waals surface area contributed by atoms with Gasteiger partial charge in [-0.3, -0.25) is 14.5 Å². The van der Waals surface area contributed by atoms with E-state index in [4.69, 9.17) is 0 Å². The standard InChI is InChI=1S/C17H30N2O2/c1-6-12-7-13-14(8-12)16(21)19(15(13)20)10-11(2)9-18-17(3,4)5/h11-14,18H,6-10H2,1-5H3. The summed E-state index contributed by atoms with van der Waals surface area (Å²) in [5, 5.41) is 3.44. The smallest absolute Gasteiger partial charge is 0.233 e. The Hall–Kier alpha value is -0.900. The zero-order valence-corrected chi connectivity index (χ0v) is 14.1. The first-order chi connectivity index (χ1) is 9.73. The summed E-state index contributed by atoms with van der Waals surface area (Å²) in [6.45, 7) is 12.0. The molecule has 2 aliphatic rings. The molecule has 1 aliphatic carbocycles. The lowest BCUT2D eigenvalue weighted by molar-refractivity contribution is -0.141. The Bertz CT molecular complexity index is 390. The average Bonchev–Trinajstić information content (AvgIpc) is 2.91. The third kappa shape index (κ3) is 3.65. The molecule has 3 atom stereocenters. The van der Waals surface area contributed by atoms with E-state index in [1.54, 1.807) is 0 Å². The van der Waals surface area contributed by atoms with Gasteiger partial charge >= 0.3 is 0 Å². The largest absolute Gasteiger partial charge is 0.312 e. The van der Waals surface area contributed by atoms with Crippen molar-refractivity contribution in [2.45, 2.75) is 59.4 Å². The van der Waals surface area contributed by atoms with Crippen LogP contribution in [0.1, 0.15) is 53.9 Å². The summed E-state index contributed by atoms with van der Waals surface area (Å²) in [5.74, 6) is 0.982. The molecule has 2 rings (SSSR count). The van der Waals surface area contributed by atoms with Gasteiger partial charge in [0.2, 0.25) is 11.8 Å². The predicted octanol–water partition coefficient (Wildman–Crippen LogP) is 2.43. The van der Waals surface area contributed by atoms with E-state index in [0.29, 0.717) is 12.5 Å². The van der Waals surface area contributed by atoms with E-state index in [-0.39, 0.29) is 35.1 Å². The molecule has 3 unspecified atom stereocenters. The number of nitrogens with one attached hydrogen (secondary N) is 1. The number of imide groups is 1. The highest BCUT2D eigenvalue weighted by Crippen LogP contribution is 2.44. The molecule has 1 heterocycles. The molecular formula is C17H30N2O2. The third-order valence-electron chi connectivity index (χ3n) is 4.88. The number of hydrogen-bond acceptors (Lipinski definition) is 3. The van der Waals surface area contributed by atoms with Crippen molar-refractivity contribution < 1.29 is 9.59 Å². The quantitative estimate of drug-likeness (QED) is 0.792. The summed E-state index contributed by atoms with van der Waals surface area (Å²) in [7, 11) is 0. The normalized spacial score (nSPS) is 30.9. The Morgan fingerprint density at radius 1 is 1.19 bits per heavy atom. The topological polar surface area (TPSA) is 49.4 Å². The van der Waals surface area contributed by atoms with Crippen molar-refractivity contribution in [1.29, 1.82) is 0 Å². The minimum atomic E-state index is -0.0229. The fourth-order valence-corrected chi connectivity index (χ4v) is 3.57. The van der Waals surface area contributed by atoms with Gasteiger partial charge in [0.1, 0.15) is 0 Å². The molecule has 1 aliphatic heterocycles. The van der Waals surface area contributed by atoms with Crippen molar-refractivity contribution in [3.63, 3.8) is 0 Å². The molecule has 4 heteroatoms. The number of rotatable bonds is 5. The Morgan fingerprint density at radius 2 is 1.71 bits per heavy atom. The van der Waals surface area contributed by atoms with Crippen LogP contribution >= 0.6 is 0 Å². The van der Waals surface area contributed by atoms with E-state index in [9.17, 15) is 9.59 Å². The molecule has 4 nitrogen and oxygen atoms in total. The second-order valence-electron chi connectivity index (χ2n) is 7.98. The van der Waals surface area contributed by atoms with Gasteiger partial charge in [0.05, 0.1) is 11.8 Å². The molecule has 0 aromatic heterocycles. The lowest BCUT2D eigenvalue weighted by Gasteiger charge is -2.26. The van der Waals surface area contributed by atoms with Crippen LogP contribution in [-0.4, -0.2) is 35.3 Å². The van der Waals surface area contributed by atoms with Crippen molar-refractivity contribution in [2.24, 2.45) is 23.7 Å². The minimum Gasteiger partial charge on any atom is -0.312 e. The Labute approximate surface area is 128 Å². The van der Waals surface area contributed by atoms with Gasteiger partial charge in [-0.05, 0) is 52.0 Å². The summed E-state index contributed by atoms with van der Waals surface area (Å²) in [5.41, 5.74) is 0.0676. The Balaban J connectivity index is 1.91. The zero-order chi connectivity index (χ0) is 15.8. The Morgan fingerprint density at radius 3 is 2.14 bits per heavy atom. The molecule has 2 amide bonds. The molecule has 0 radical (unpaired) electrons. The van der Waals surface area contributed by atoms with Gasteiger partial charge in [0, 0.05) is 12.1 Å². The molecular weight excluding hydrogens is 264 g/mol. The van der Waals surface area contributed by atoms with Crippen LogP contribution in [-0.2, 0) is 9.59 Å². The van der Waals surface area contributed by atoms with E-state index in [2.05, 4.69) is 39.9 Å². The lowest BCUT2D eigenvalue weighted by atomic mass is 10.00. The molecule has 1 saturated carbocycles. The van der Waals surface area contributed by atoms with E-state index < -0.39 is 0 Å². The van der Waals surface area contributed by atoms with Gasteiger partial charge in [0.15, 0.2) is 0 Å². The maximum Gasteiger partial charge on any atom is 0.233 e. The SMILES string of the molecule is CCC1CC2C(=O)N(CC(C)CNC(C)(C)C)C(=O)C2C1. The van der Waals surface area contributed by atoms with Crippen molar-refractivity contribution in [2.75, 3.05) is 13.1 Å². The first kappa shape index (κ1) is 16.5. The van der Waals surface area contributed by atoms with Crippen molar-refractivity contribution in [3.8, 4) is 0 Å². The van der Waals surface area contributed by atoms with Crippen LogP contribution in [0, 0.1) is 23.7 Å². The van der Waals surface area contributed by atoms with Gasteiger partial charge < -0.3 is 5.32 Å². The predicted molar refractivity (Wildman–Crippen MR) is 83.6 cm³/mol. The van der Waals surface area contributed by atoms with Gasteiger partial charge in [0.25, 0.3) is 0 Å². The van der Waals surface area contributed by atoms with Crippen LogP contribution in [0.2, 0.25) is 0 Å². The number of nitrogens with zero attached hydrogens (tertiary/aromatic N) is 1. The van der Waals surface area contributed by atoms with E-state index in [1.807, 2.05) is 0 Å². The first-order valence-electron chi connectivity index (χ1n) is 8.33. The van der Waals surface area contributed by atoms with Crippen LogP contribution in [0.3, 0.4) is 0 Å². The van der Waals surface area contributed by atoms with E-state index in [1.165, 1.54) is 4.90 Å². The second-order valence-corrected chi connectivity index (χ2v) is 7.98. The molecule has 120 valence electrons. The van der Waals surface area contributed by atoms with Crippen LogP contribution in [0.15, 0.2) is 0 Å². The molecule has 0 aromatic carbocycles. The number of fused-ring (bicyclic) bond motifs is 1. The van der Waals surface area contributed by atoms with Gasteiger partial charge in [-0.2, -0.15) is 0 Å². The summed E-state index contributed by atoms with van der Waals surface area (Å²) in [6, 6.07) is 0. The highest BCUT2D eigenvalue weighted by Gasteiger charge is 2.52. The maximum absolute atomic E-state index is 12.5. The van der Waals surface area contributed by atoms with E-state index in [0.717, 1.165) is 25.8 Å². The van der Waals surface area contributed by atoms with Gasteiger partial charge in [-0.25, -0.2) is 0 Å². The second kappa shape index (κ2) is 6.07. The number of carbonyl (C=O) groups is 2. The van der Waals surface area contributed by atoms with Crippen LogP contribution in [0.4, 0.5) is 0 Å². The number of likely N-dealkylation sites (tertiary alicyclic amines) is 1. The fraction of sp³-hybridized carbons (Fsp3) is 0.882. The molecule has 21 heavy (non-hydrogen) atoms. The zero-order valence-electron chi connectivity index (χ0n) is 14.1. The van der Waals surface area contributed by atoms with Crippen LogP contribution in [0.5, 0.6) is 0 Å². The van der Waals surface area contributed by atoms with Gasteiger partial charge in [-0.1, -0.05) is 20.3 Å². The van der Waals surface area contributed by atoms with Crippen molar-refractivity contribution in [3.05, 3.63) is 0 Å². The monoisotopic (exact) mass is 294 g/mol. The first-order valence-corrected chi connectivity index (χ1v) is 8.33. The number of carbonyl (C=O) groups excluding carboxylic acids is 2. The summed E-state index contributed by atoms with van der Waals surface area (Å²) in [4.78, 5) is 26.5. The highest BCUT2D eigenvalue weighted by atomic mass is 16.2. The number of amides is 2. The molecule has 1 saturated heterocycles. The molecule has 0 spiro atoms. The van der Waals surface area contributed by atoms with Gasteiger partial charge in [-0.15, -0.1) is 0 Å². The minimum absolute atomic E-state index is 0.0229. The van der Waals surface area contributed by atoms with Crippen molar-refractivity contribution >= 4 is 11.8 Å². The maximum atomic E-state index is 12.5. The van der Waals surface area contributed by atoms with Crippen LogP contribution in [0.25, 0.3) is 0 Å². The molecule has 1 N–H and O–H groups in total. The third-order valence-corrected chi connectivity index (χ3v) is 4.88. The van der Waals surface area contributed by atoms with Crippen molar-refractivity contribution in [1.82, 2.24) is 10.2 Å². The molecule has 0 bridgehead atoms. The summed E-state index contributed by atoms with van der Waals surface area (Å²) in [6.07, 6.45) is 2.91. The summed E-state index contributed by atoms with van der Waals surface area (Å²) >= 11 is 0. The fourth-order valence-electron chi connectivity index (χ4n) is 3.57. The average molecular weight is 294 g/mol. The lowest BCUT2D eigenvalue weighted by Crippen LogP contribution is -2.43. The Kier molecular flexibility index (Phi) is 4.76. The number of hydrogen-bond donors (Lipinski definition) is 1. The highest BCUT2D eigenvalue weighted by molar-refractivity contribution is 6.05. The molecule has 2 fully saturated rings.